The molecule has 56 valence electrons. The van der Waals surface area contributed by atoms with Crippen molar-refractivity contribution in [2.75, 3.05) is 0 Å². The number of fused-ring (bicyclic) bond motifs is 1. The van der Waals surface area contributed by atoms with Crippen LogP contribution in [0.15, 0.2) is 22.9 Å². The maximum absolute atomic E-state index is 5.86. The van der Waals surface area contributed by atoms with E-state index in [9.17, 15) is 0 Å². The molecule has 0 radical (unpaired) electrons. The van der Waals surface area contributed by atoms with Crippen LogP contribution in [0.4, 0.5) is 0 Å². The average Bonchev–Trinajstić information content (AvgIpc) is 2.34. The molecular formula is C6H3BrClN3. The van der Waals surface area contributed by atoms with Crippen LogP contribution >= 0.6 is 27.5 Å². The van der Waals surface area contributed by atoms with Gasteiger partial charge in [-0.3, -0.25) is 4.40 Å². The molecule has 5 heteroatoms. The molecule has 0 saturated carbocycles. The van der Waals surface area contributed by atoms with Gasteiger partial charge in [0.25, 0.3) is 0 Å². The highest BCUT2D eigenvalue weighted by molar-refractivity contribution is 9.10. The maximum atomic E-state index is 5.86. The van der Waals surface area contributed by atoms with Crippen molar-refractivity contribution in [1.82, 2.24) is 14.6 Å². The number of aromatic nitrogens is 3. The van der Waals surface area contributed by atoms with Gasteiger partial charge in [-0.15, -0.1) is 10.2 Å². The lowest BCUT2D eigenvalue weighted by Gasteiger charge is -1.95. The molecule has 0 atom stereocenters. The third-order valence-corrected chi connectivity index (χ3v) is 2.08. The fraction of sp³-hybridized carbons (Fsp3) is 0. The third kappa shape index (κ3) is 1.12. The van der Waals surface area contributed by atoms with Crippen LogP contribution in [0.1, 0.15) is 0 Å². The van der Waals surface area contributed by atoms with E-state index in [1.165, 1.54) is 0 Å². The summed E-state index contributed by atoms with van der Waals surface area (Å²) < 4.78 is 2.61. The van der Waals surface area contributed by atoms with E-state index < -0.39 is 0 Å². The normalized spacial score (nSPS) is 10.7. The van der Waals surface area contributed by atoms with Crippen LogP contribution in [0.5, 0.6) is 0 Å². The molecule has 0 fully saturated rings. The van der Waals surface area contributed by atoms with Gasteiger partial charge in [-0.1, -0.05) is 27.5 Å². The molecule has 0 saturated heterocycles. The Labute approximate surface area is 76.1 Å². The predicted molar refractivity (Wildman–Crippen MR) is 45.7 cm³/mol. The molecule has 0 N–H and O–H groups in total. The molecule has 0 aliphatic carbocycles. The summed E-state index contributed by atoms with van der Waals surface area (Å²) >= 11 is 9.16. The maximum Gasteiger partial charge on any atom is 0.162 e. The van der Waals surface area contributed by atoms with Crippen LogP contribution in [0.2, 0.25) is 5.15 Å². The van der Waals surface area contributed by atoms with E-state index in [1.54, 1.807) is 16.8 Å². The number of hydrogen-bond acceptors (Lipinski definition) is 2. The Bertz CT molecular complexity index is 398. The van der Waals surface area contributed by atoms with Crippen LogP contribution < -0.4 is 0 Å². The first-order valence-electron chi connectivity index (χ1n) is 2.92. The number of rotatable bonds is 0. The van der Waals surface area contributed by atoms with Crippen LogP contribution in [-0.4, -0.2) is 14.6 Å². The molecule has 3 nitrogen and oxygen atoms in total. The van der Waals surface area contributed by atoms with Crippen LogP contribution in [0, 0.1) is 0 Å². The van der Waals surface area contributed by atoms with E-state index in [0.29, 0.717) is 5.15 Å². The molecule has 2 heterocycles. The average molecular weight is 232 g/mol. The fourth-order valence-electron chi connectivity index (χ4n) is 0.855. The van der Waals surface area contributed by atoms with Crippen molar-refractivity contribution >= 4 is 33.2 Å². The Morgan fingerprint density at radius 1 is 1.45 bits per heavy atom. The van der Waals surface area contributed by atoms with Gasteiger partial charge in [0.2, 0.25) is 0 Å². The minimum atomic E-state index is 0.597. The van der Waals surface area contributed by atoms with Crippen LogP contribution in [0.3, 0.4) is 0 Å². The summed E-state index contributed by atoms with van der Waals surface area (Å²) in [7, 11) is 0. The van der Waals surface area contributed by atoms with Gasteiger partial charge >= 0.3 is 0 Å². The monoisotopic (exact) mass is 231 g/mol. The van der Waals surface area contributed by atoms with Crippen molar-refractivity contribution in [1.29, 1.82) is 0 Å². The van der Waals surface area contributed by atoms with Gasteiger partial charge in [-0.25, -0.2) is 0 Å². The van der Waals surface area contributed by atoms with Gasteiger partial charge in [0.1, 0.15) is 11.5 Å². The first-order valence-corrected chi connectivity index (χ1v) is 4.09. The van der Waals surface area contributed by atoms with E-state index in [4.69, 9.17) is 11.6 Å². The molecule has 0 aliphatic rings. The first-order chi connectivity index (χ1) is 5.27. The molecule has 0 amide bonds. The lowest BCUT2D eigenvalue weighted by molar-refractivity contribution is 1.10. The second-order valence-corrected chi connectivity index (χ2v) is 3.36. The van der Waals surface area contributed by atoms with E-state index in [-0.39, 0.29) is 0 Å². The molecule has 2 aromatic rings. The van der Waals surface area contributed by atoms with E-state index in [2.05, 4.69) is 26.1 Å². The summed E-state index contributed by atoms with van der Waals surface area (Å²) in [4.78, 5) is 0. The molecule has 0 unspecified atom stereocenters. The molecular weight excluding hydrogens is 229 g/mol. The van der Waals surface area contributed by atoms with Crippen LogP contribution in [0.25, 0.3) is 5.65 Å². The summed E-state index contributed by atoms with van der Waals surface area (Å²) in [6.07, 6.45) is 1.57. The molecule has 0 aromatic carbocycles. The van der Waals surface area contributed by atoms with Crippen molar-refractivity contribution in [2.45, 2.75) is 0 Å². The predicted octanol–water partition coefficient (Wildman–Crippen LogP) is 2.15. The summed E-state index contributed by atoms with van der Waals surface area (Å²) in [5, 5.41) is 8.15. The molecule has 11 heavy (non-hydrogen) atoms. The summed E-state index contributed by atoms with van der Waals surface area (Å²) in [6.45, 7) is 0. The largest absolute Gasteiger partial charge is 0.272 e. The van der Waals surface area contributed by atoms with E-state index >= 15 is 0 Å². The standard InChI is InChI=1S/C6H3BrClN3/c7-4-1-5(8)11-3-9-10-6(11)2-4/h1-3H. The van der Waals surface area contributed by atoms with Crippen molar-refractivity contribution in [2.24, 2.45) is 0 Å². The van der Waals surface area contributed by atoms with Crippen molar-refractivity contribution < 1.29 is 0 Å². The highest BCUT2D eigenvalue weighted by atomic mass is 79.9. The Hall–Kier alpha value is -0.610. The number of halogens is 2. The minimum Gasteiger partial charge on any atom is -0.272 e. The molecule has 2 aromatic heterocycles. The zero-order chi connectivity index (χ0) is 7.84. The Morgan fingerprint density at radius 2 is 2.27 bits per heavy atom. The Kier molecular flexibility index (Phi) is 1.58. The van der Waals surface area contributed by atoms with Gasteiger partial charge in [-0.05, 0) is 12.1 Å². The number of pyridine rings is 1. The van der Waals surface area contributed by atoms with Crippen LogP contribution in [-0.2, 0) is 0 Å². The lowest BCUT2D eigenvalue weighted by Crippen LogP contribution is -1.84. The van der Waals surface area contributed by atoms with Crippen molar-refractivity contribution in [3.8, 4) is 0 Å². The molecule has 2 rings (SSSR count). The molecule has 0 bridgehead atoms. The Balaban J connectivity index is 2.91. The van der Waals surface area contributed by atoms with E-state index in [1.807, 2.05) is 6.07 Å². The minimum absolute atomic E-state index is 0.597. The molecule has 0 spiro atoms. The summed E-state index contributed by atoms with van der Waals surface area (Å²) in [5.41, 5.74) is 0.740. The van der Waals surface area contributed by atoms with Gasteiger partial charge in [0.05, 0.1) is 0 Å². The van der Waals surface area contributed by atoms with Gasteiger partial charge in [0, 0.05) is 4.47 Å². The molecule has 0 aliphatic heterocycles. The highest BCUT2D eigenvalue weighted by Gasteiger charge is 2.00. The second kappa shape index (κ2) is 2.46. The zero-order valence-electron chi connectivity index (χ0n) is 5.33. The van der Waals surface area contributed by atoms with Gasteiger partial charge in [0.15, 0.2) is 5.65 Å². The highest BCUT2D eigenvalue weighted by Crippen LogP contribution is 2.18. The third-order valence-electron chi connectivity index (χ3n) is 1.33. The number of hydrogen-bond donors (Lipinski definition) is 0. The quantitative estimate of drug-likeness (QED) is 0.652. The smallest absolute Gasteiger partial charge is 0.162 e. The van der Waals surface area contributed by atoms with Crippen molar-refractivity contribution in [3.63, 3.8) is 0 Å². The zero-order valence-corrected chi connectivity index (χ0v) is 7.67. The van der Waals surface area contributed by atoms with Gasteiger partial charge < -0.3 is 0 Å². The number of nitrogens with zero attached hydrogens (tertiary/aromatic N) is 3. The second-order valence-electron chi connectivity index (χ2n) is 2.06. The lowest BCUT2D eigenvalue weighted by atomic mass is 10.5. The fourth-order valence-corrected chi connectivity index (χ4v) is 1.66. The topological polar surface area (TPSA) is 30.2 Å². The first kappa shape index (κ1) is 7.06. The van der Waals surface area contributed by atoms with E-state index in [0.717, 1.165) is 10.1 Å². The summed E-state index contributed by atoms with van der Waals surface area (Å²) in [6, 6.07) is 3.64. The van der Waals surface area contributed by atoms with Crippen molar-refractivity contribution in [3.05, 3.63) is 28.1 Å². The van der Waals surface area contributed by atoms with Gasteiger partial charge in [-0.2, -0.15) is 0 Å². The summed E-state index contributed by atoms with van der Waals surface area (Å²) in [5.74, 6) is 0. The SMILES string of the molecule is Clc1cc(Br)cc2nncn12. The Morgan fingerprint density at radius 3 is 3.09 bits per heavy atom.